The Balaban J connectivity index is 2.34. The van der Waals surface area contributed by atoms with Crippen LogP contribution < -0.4 is 0 Å². The molecule has 0 aliphatic heterocycles. The molecule has 0 saturated carbocycles. The molecule has 0 radical (unpaired) electrons. The van der Waals surface area contributed by atoms with Crippen LogP contribution >= 0.6 is 0 Å². The number of ketones is 1. The summed E-state index contributed by atoms with van der Waals surface area (Å²) in [6.45, 7) is 1.86. The van der Waals surface area contributed by atoms with Crippen molar-refractivity contribution in [1.29, 1.82) is 0 Å². The van der Waals surface area contributed by atoms with Crippen molar-refractivity contribution in [3.05, 3.63) is 47.3 Å². The second-order valence-electron chi connectivity index (χ2n) is 3.41. The van der Waals surface area contributed by atoms with E-state index in [1.807, 2.05) is 6.92 Å². The molecule has 0 aromatic carbocycles. The molecule has 5 heteroatoms. The van der Waals surface area contributed by atoms with Gasteiger partial charge in [-0.05, 0) is 18.2 Å². The third kappa shape index (κ3) is 1.99. The molecule has 0 aliphatic rings. The Morgan fingerprint density at radius 1 is 1.24 bits per heavy atom. The number of aromatic carboxylic acids is 1. The zero-order valence-electron chi connectivity index (χ0n) is 9.10. The molecule has 2 heterocycles. The zero-order valence-corrected chi connectivity index (χ0v) is 9.10. The molecule has 88 valence electrons. The van der Waals surface area contributed by atoms with Gasteiger partial charge in [0.05, 0.1) is 11.8 Å². The molecular weight excluding hydrogens is 224 g/mol. The highest BCUT2D eigenvalue weighted by atomic mass is 16.4. The monoisotopic (exact) mass is 234 g/mol. The van der Waals surface area contributed by atoms with Crippen LogP contribution in [0.1, 0.15) is 39.4 Å². The zero-order chi connectivity index (χ0) is 12.4. The maximum Gasteiger partial charge on any atom is 0.371 e. The quantitative estimate of drug-likeness (QED) is 0.821. The lowest BCUT2D eigenvalue weighted by Crippen LogP contribution is -2.01. The largest absolute Gasteiger partial charge is 0.475 e. The fraction of sp³-hybridized carbons (Fsp3) is 0.167. The summed E-state index contributed by atoms with van der Waals surface area (Å²) in [6.07, 6.45) is 2.01. The lowest BCUT2D eigenvalue weighted by Gasteiger charge is -1.96. The number of hydrogen-bond donors (Lipinski definition) is 1. The van der Waals surface area contributed by atoms with E-state index < -0.39 is 5.97 Å². The summed E-state index contributed by atoms with van der Waals surface area (Å²) in [7, 11) is 0. The average Bonchev–Trinajstić information content (AvgIpc) is 2.96. The molecule has 1 N–H and O–H groups in total. The SMILES string of the molecule is CCc1occc1C(=O)c1ccc(C(=O)O)o1. The van der Waals surface area contributed by atoms with E-state index in [1.165, 1.54) is 18.4 Å². The van der Waals surface area contributed by atoms with Gasteiger partial charge < -0.3 is 13.9 Å². The first-order valence-corrected chi connectivity index (χ1v) is 5.07. The van der Waals surface area contributed by atoms with E-state index >= 15 is 0 Å². The smallest absolute Gasteiger partial charge is 0.371 e. The van der Waals surface area contributed by atoms with Crippen LogP contribution in [0.3, 0.4) is 0 Å². The topological polar surface area (TPSA) is 80.7 Å². The fourth-order valence-electron chi connectivity index (χ4n) is 1.52. The highest BCUT2D eigenvalue weighted by Crippen LogP contribution is 2.18. The number of carbonyl (C=O) groups excluding carboxylic acids is 1. The Kier molecular flexibility index (Phi) is 2.82. The third-order valence-electron chi connectivity index (χ3n) is 2.35. The molecule has 0 spiro atoms. The minimum absolute atomic E-state index is 0.00139. The molecular formula is C12H10O5. The van der Waals surface area contributed by atoms with E-state index in [1.54, 1.807) is 6.07 Å². The van der Waals surface area contributed by atoms with Crippen LogP contribution in [-0.4, -0.2) is 16.9 Å². The second-order valence-corrected chi connectivity index (χ2v) is 3.41. The van der Waals surface area contributed by atoms with E-state index in [4.69, 9.17) is 13.9 Å². The molecule has 2 aromatic heterocycles. The van der Waals surface area contributed by atoms with Crippen LogP contribution in [0.25, 0.3) is 0 Å². The minimum Gasteiger partial charge on any atom is -0.475 e. The highest BCUT2D eigenvalue weighted by Gasteiger charge is 2.20. The second kappa shape index (κ2) is 4.29. The van der Waals surface area contributed by atoms with Gasteiger partial charge in [0.15, 0.2) is 5.76 Å². The maximum absolute atomic E-state index is 12.0. The summed E-state index contributed by atoms with van der Waals surface area (Å²) in [6, 6.07) is 4.14. The molecule has 0 unspecified atom stereocenters. The van der Waals surface area contributed by atoms with E-state index in [2.05, 4.69) is 0 Å². The predicted molar refractivity (Wildman–Crippen MR) is 57.2 cm³/mol. The molecule has 17 heavy (non-hydrogen) atoms. The molecule has 0 aliphatic carbocycles. The van der Waals surface area contributed by atoms with Crippen LogP contribution in [0.4, 0.5) is 0 Å². The van der Waals surface area contributed by atoms with E-state index in [0.717, 1.165) is 0 Å². The van der Waals surface area contributed by atoms with Crippen LogP contribution in [0.2, 0.25) is 0 Å². The molecule has 0 saturated heterocycles. The number of aryl methyl sites for hydroxylation is 1. The first-order valence-electron chi connectivity index (χ1n) is 5.07. The molecule has 2 rings (SSSR count). The van der Waals surface area contributed by atoms with Crippen molar-refractivity contribution in [3.8, 4) is 0 Å². The highest BCUT2D eigenvalue weighted by molar-refractivity contribution is 6.08. The van der Waals surface area contributed by atoms with Crippen molar-refractivity contribution < 1.29 is 23.5 Å². The molecule has 5 nitrogen and oxygen atoms in total. The van der Waals surface area contributed by atoms with Gasteiger partial charge in [-0.1, -0.05) is 6.92 Å². The van der Waals surface area contributed by atoms with Crippen LogP contribution in [0, 0.1) is 0 Å². The first-order chi connectivity index (χ1) is 8.13. The summed E-state index contributed by atoms with van der Waals surface area (Å²) in [5.74, 6) is -1.27. The Bertz CT molecular complexity index is 561. The molecule has 2 aromatic rings. The van der Waals surface area contributed by atoms with Crippen molar-refractivity contribution in [2.24, 2.45) is 0 Å². The lowest BCUT2D eigenvalue weighted by molar-refractivity contribution is 0.0660. The van der Waals surface area contributed by atoms with Crippen molar-refractivity contribution in [3.63, 3.8) is 0 Å². The van der Waals surface area contributed by atoms with E-state index in [-0.39, 0.29) is 17.3 Å². The number of furan rings is 2. The van der Waals surface area contributed by atoms with Crippen LogP contribution in [0.5, 0.6) is 0 Å². The van der Waals surface area contributed by atoms with Gasteiger partial charge in [0.1, 0.15) is 5.76 Å². The molecule has 0 atom stereocenters. The maximum atomic E-state index is 12.0. The summed E-state index contributed by atoms with van der Waals surface area (Å²) in [5, 5.41) is 8.69. The Morgan fingerprint density at radius 3 is 2.53 bits per heavy atom. The Labute approximate surface area is 96.7 Å². The van der Waals surface area contributed by atoms with E-state index in [0.29, 0.717) is 17.7 Å². The molecule has 0 bridgehead atoms. The number of carboxylic acid groups (broad SMARTS) is 1. The van der Waals surface area contributed by atoms with Crippen molar-refractivity contribution in [2.75, 3.05) is 0 Å². The third-order valence-corrected chi connectivity index (χ3v) is 2.35. The summed E-state index contributed by atoms with van der Waals surface area (Å²) < 4.78 is 10.1. The van der Waals surface area contributed by atoms with Crippen molar-refractivity contribution in [2.45, 2.75) is 13.3 Å². The van der Waals surface area contributed by atoms with Crippen LogP contribution in [0.15, 0.2) is 33.3 Å². The average molecular weight is 234 g/mol. The lowest BCUT2D eigenvalue weighted by atomic mass is 10.1. The van der Waals surface area contributed by atoms with Gasteiger partial charge in [0.25, 0.3) is 0 Å². The number of carbonyl (C=O) groups is 2. The molecule has 0 amide bonds. The Hall–Kier alpha value is -2.30. The van der Waals surface area contributed by atoms with Gasteiger partial charge in [-0.2, -0.15) is 0 Å². The summed E-state index contributed by atoms with van der Waals surface area (Å²) in [5.41, 5.74) is 0.402. The normalized spacial score (nSPS) is 10.4. The van der Waals surface area contributed by atoms with Gasteiger partial charge in [0.2, 0.25) is 11.5 Å². The van der Waals surface area contributed by atoms with E-state index in [9.17, 15) is 9.59 Å². The summed E-state index contributed by atoms with van der Waals surface area (Å²) >= 11 is 0. The molecule has 0 fully saturated rings. The number of rotatable bonds is 4. The van der Waals surface area contributed by atoms with Crippen molar-refractivity contribution >= 4 is 11.8 Å². The Morgan fingerprint density at radius 2 is 1.94 bits per heavy atom. The van der Waals surface area contributed by atoms with Gasteiger partial charge in [-0.3, -0.25) is 4.79 Å². The number of hydrogen-bond acceptors (Lipinski definition) is 4. The van der Waals surface area contributed by atoms with Gasteiger partial charge in [-0.25, -0.2) is 4.79 Å². The van der Waals surface area contributed by atoms with Crippen LogP contribution in [-0.2, 0) is 6.42 Å². The predicted octanol–water partition coefficient (Wildman–Crippen LogP) is 2.36. The summed E-state index contributed by atoms with van der Waals surface area (Å²) in [4.78, 5) is 22.6. The first kappa shape index (κ1) is 11.2. The fourth-order valence-corrected chi connectivity index (χ4v) is 1.52. The van der Waals surface area contributed by atoms with Gasteiger partial charge in [-0.15, -0.1) is 0 Å². The van der Waals surface area contributed by atoms with Crippen molar-refractivity contribution in [1.82, 2.24) is 0 Å². The van der Waals surface area contributed by atoms with Gasteiger partial charge >= 0.3 is 5.97 Å². The number of carboxylic acids is 1. The standard InChI is InChI=1S/C12H10O5/c1-2-8-7(5-6-16-8)11(13)9-3-4-10(17-9)12(14)15/h3-6H,2H2,1H3,(H,14,15). The minimum atomic E-state index is -1.20. The van der Waals surface area contributed by atoms with Gasteiger partial charge in [0, 0.05) is 6.42 Å².